The van der Waals surface area contributed by atoms with Crippen molar-refractivity contribution in [1.29, 1.82) is 0 Å². The maximum absolute atomic E-state index is 12.5. The van der Waals surface area contributed by atoms with Gasteiger partial charge < -0.3 is 5.32 Å². The van der Waals surface area contributed by atoms with Crippen LogP contribution in [-0.4, -0.2) is 19.4 Å². The fourth-order valence-corrected chi connectivity index (χ4v) is 3.05. The van der Waals surface area contributed by atoms with E-state index in [0.29, 0.717) is 10.8 Å². The molecule has 1 N–H and O–H groups in total. The molecule has 0 saturated heterocycles. The molecule has 0 aromatic carbocycles. The number of anilines is 2. The molecule has 0 unspecified atom stereocenters. The highest BCUT2D eigenvalue weighted by molar-refractivity contribution is 7.14. The summed E-state index contributed by atoms with van der Waals surface area (Å²) in [5.74, 6) is 0. The van der Waals surface area contributed by atoms with Crippen LogP contribution in [0, 0.1) is 0 Å². The molecule has 4 aromatic rings. The van der Waals surface area contributed by atoms with E-state index >= 15 is 0 Å². The summed E-state index contributed by atoms with van der Waals surface area (Å²) in [5, 5.41) is 5.38. The number of halogens is 3. The number of imidazole rings is 1. The van der Waals surface area contributed by atoms with Gasteiger partial charge in [-0.2, -0.15) is 13.2 Å². The maximum Gasteiger partial charge on any atom is 0.433 e. The van der Waals surface area contributed by atoms with Gasteiger partial charge in [0.05, 0.1) is 23.8 Å². The molecule has 0 aliphatic heterocycles. The van der Waals surface area contributed by atoms with E-state index in [9.17, 15) is 13.2 Å². The van der Waals surface area contributed by atoms with Crippen LogP contribution in [0.15, 0.2) is 54.3 Å². The minimum absolute atomic E-state index is 0.437. The lowest BCUT2D eigenvalue weighted by molar-refractivity contribution is -0.141. The summed E-state index contributed by atoms with van der Waals surface area (Å²) in [4.78, 5) is 12.2. The van der Waals surface area contributed by atoms with Crippen molar-refractivity contribution >= 4 is 27.8 Å². The number of pyridine rings is 2. The van der Waals surface area contributed by atoms with Crippen LogP contribution in [0.5, 0.6) is 0 Å². The average Bonchev–Trinajstić information content (AvgIpc) is 3.21. The lowest BCUT2D eigenvalue weighted by Crippen LogP contribution is -2.07. The van der Waals surface area contributed by atoms with Crippen LogP contribution in [0.2, 0.25) is 0 Å². The monoisotopic (exact) mass is 361 g/mol. The Morgan fingerprint density at radius 3 is 2.68 bits per heavy atom. The van der Waals surface area contributed by atoms with E-state index in [2.05, 4.69) is 20.3 Å². The van der Waals surface area contributed by atoms with Crippen molar-refractivity contribution in [2.24, 2.45) is 0 Å². The van der Waals surface area contributed by atoms with Gasteiger partial charge in [-0.15, -0.1) is 11.3 Å². The standard InChI is InChI=1S/C16H10F3N5S/c17-16(18,19)13-5-4-10(7-20-13)22-15-23-11(9-25-15)12-8-21-14-3-1-2-6-24(12)14/h1-9H,(H,22,23). The molecule has 9 heteroatoms. The Bertz CT molecular complexity index is 1020. The summed E-state index contributed by atoms with van der Waals surface area (Å²) in [7, 11) is 0. The number of aromatic nitrogens is 4. The molecule has 25 heavy (non-hydrogen) atoms. The Hall–Kier alpha value is -2.94. The van der Waals surface area contributed by atoms with Gasteiger partial charge in [0.25, 0.3) is 0 Å². The van der Waals surface area contributed by atoms with E-state index < -0.39 is 11.9 Å². The summed E-state index contributed by atoms with van der Waals surface area (Å²) >= 11 is 1.35. The minimum atomic E-state index is -4.45. The summed E-state index contributed by atoms with van der Waals surface area (Å²) in [6.45, 7) is 0. The van der Waals surface area contributed by atoms with E-state index in [0.717, 1.165) is 29.3 Å². The Balaban J connectivity index is 1.57. The van der Waals surface area contributed by atoms with Gasteiger partial charge in [0, 0.05) is 11.6 Å². The summed E-state index contributed by atoms with van der Waals surface area (Å²) < 4.78 is 39.5. The first-order valence-corrected chi connectivity index (χ1v) is 8.07. The number of thiazole rings is 1. The van der Waals surface area contributed by atoms with Crippen molar-refractivity contribution in [3.8, 4) is 11.4 Å². The van der Waals surface area contributed by atoms with Crippen LogP contribution in [0.1, 0.15) is 5.69 Å². The molecule has 0 atom stereocenters. The molecule has 0 aliphatic carbocycles. The number of fused-ring (bicyclic) bond motifs is 1. The molecule has 4 aromatic heterocycles. The number of alkyl halides is 3. The Labute approximate surface area is 143 Å². The molecule has 0 bridgehead atoms. The van der Waals surface area contributed by atoms with Crippen molar-refractivity contribution in [3.05, 3.63) is 60.0 Å². The third-order valence-corrected chi connectivity index (χ3v) is 4.25. The smallest absolute Gasteiger partial charge is 0.330 e. The van der Waals surface area contributed by atoms with E-state index in [1.54, 1.807) is 6.20 Å². The third kappa shape index (κ3) is 3.05. The summed E-state index contributed by atoms with van der Waals surface area (Å²) in [6.07, 6.45) is 0.311. The van der Waals surface area contributed by atoms with E-state index in [1.165, 1.54) is 17.4 Å². The summed E-state index contributed by atoms with van der Waals surface area (Å²) in [5.41, 5.74) is 1.89. The van der Waals surface area contributed by atoms with Gasteiger partial charge in [0.2, 0.25) is 0 Å². The largest absolute Gasteiger partial charge is 0.433 e. The zero-order chi connectivity index (χ0) is 17.4. The number of nitrogens with zero attached hydrogens (tertiary/aromatic N) is 4. The SMILES string of the molecule is FC(F)(F)c1ccc(Nc2nc(-c3cnc4ccccn34)cs2)cn1. The predicted octanol–water partition coefficient (Wildman–Crippen LogP) is 4.62. The lowest BCUT2D eigenvalue weighted by Gasteiger charge is -2.06. The van der Waals surface area contributed by atoms with Crippen molar-refractivity contribution in [3.63, 3.8) is 0 Å². The zero-order valence-corrected chi connectivity index (χ0v) is 13.3. The minimum Gasteiger partial charge on any atom is -0.330 e. The highest BCUT2D eigenvalue weighted by Crippen LogP contribution is 2.30. The molecular weight excluding hydrogens is 351 g/mol. The first-order chi connectivity index (χ1) is 12.0. The van der Waals surface area contributed by atoms with Crippen LogP contribution in [-0.2, 0) is 6.18 Å². The first-order valence-electron chi connectivity index (χ1n) is 7.19. The Morgan fingerprint density at radius 1 is 1.04 bits per heavy atom. The number of hydrogen-bond acceptors (Lipinski definition) is 5. The van der Waals surface area contributed by atoms with Crippen LogP contribution in [0.4, 0.5) is 24.0 Å². The molecule has 0 saturated carbocycles. The molecule has 0 radical (unpaired) electrons. The molecule has 4 rings (SSSR count). The van der Waals surface area contributed by atoms with Gasteiger partial charge in [-0.3, -0.25) is 4.40 Å². The van der Waals surface area contributed by atoms with Crippen LogP contribution in [0.3, 0.4) is 0 Å². The van der Waals surface area contributed by atoms with Gasteiger partial charge >= 0.3 is 6.18 Å². The van der Waals surface area contributed by atoms with E-state index in [-0.39, 0.29) is 0 Å². The molecule has 0 fully saturated rings. The topological polar surface area (TPSA) is 55.1 Å². The molecule has 4 heterocycles. The van der Waals surface area contributed by atoms with Gasteiger partial charge in [-0.25, -0.2) is 15.0 Å². The quantitative estimate of drug-likeness (QED) is 0.579. The van der Waals surface area contributed by atoms with Gasteiger partial charge in [0.15, 0.2) is 5.13 Å². The number of hydrogen-bond donors (Lipinski definition) is 1. The molecule has 0 amide bonds. The highest BCUT2D eigenvalue weighted by Gasteiger charge is 2.32. The second-order valence-corrected chi connectivity index (χ2v) is 6.02. The molecule has 0 aliphatic rings. The Morgan fingerprint density at radius 2 is 1.92 bits per heavy atom. The van der Waals surface area contributed by atoms with Crippen molar-refractivity contribution in [1.82, 2.24) is 19.4 Å². The van der Waals surface area contributed by atoms with Gasteiger partial charge in [-0.05, 0) is 24.3 Å². The first kappa shape index (κ1) is 15.6. The van der Waals surface area contributed by atoms with Crippen molar-refractivity contribution < 1.29 is 13.2 Å². The lowest BCUT2D eigenvalue weighted by atomic mass is 10.3. The Kier molecular flexibility index (Phi) is 3.65. The van der Waals surface area contributed by atoms with Crippen molar-refractivity contribution in [2.75, 3.05) is 5.32 Å². The molecule has 0 spiro atoms. The van der Waals surface area contributed by atoms with Crippen LogP contribution >= 0.6 is 11.3 Å². The second kappa shape index (κ2) is 5.85. The average molecular weight is 361 g/mol. The van der Waals surface area contributed by atoms with Gasteiger partial charge in [0.1, 0.15) is 17.0 Å². The van der Waals surface area contributed by atoms with E-state index in [1.807, 2.05) is 34.2 Å². The zero-order valence-electron chi connectivity index (χ0n) is 12.5. The van der Waals surface area contributed by atoms with Gasteiger partial charge in [-0.1, -0.05) is 6.07 Å². The van der Waals surface area contributed by atoms with Crippen LogP contribution < -0.4 is 5.32 Å². The maximum atomic E-state index is 12.5. The van der Waals surface area contributed by atoms with Crippen molar-refractivity contribution in [2.45, 2.75) is 6.18 Å². The molecule has 126 valence electrons. The number of rotatable bonds is 3. The predicted molar refractivity (Wildman–Crippen MR) is 88.8 cm³/mol. The fourth-order valence-electron chi connectivity index (χ4n) is 2.33. The third-order valence-electron chi connectivity index (χ3n) is 3.49. The molecular formula is C16H10F3N5S. The number of nitrogens with one attached hydrogen (secondary N) is 1. The van der Waals surface area contributed by atoms with Crippen LogP contribution in [0.25, 0.3) is 17.0 Å². The molecule has 5 nitrogen and oxygen atoms in total. The normalized spacial score (nSPS) is 11.8. The van der Waals surface area contributed by atoms with E-state index in [4.69, 9.17) is 0 Å². The highest BCUT2D eigenvalue weighted by atomic mass is 32.1. The second-order valence-electron chi connectivity index (χ2n) is 5.17. The fraction of sp³-hybridized carbons (Fsp3) is 0.0625. The summed E-state index contributed by atoms with van der Waals surface area (Å²) in [6, 6.07) is 7.95.